The van der Waals surface area contributed by atoms with Crippen LogP contribution >= 0.6 is 0 Å². The van der Waals surface area contributed by atoms with Gasteiger partial charge in [0.05, 0.1) is 11.0 Å². The topological polar surface area (TPSA) is 121 Å². The molecule has 1 saturated heterocycles. The molecule has 1 aliphatic rings. The van der Waals surface area contributed by atoms with Crippen LogP contribution in [0, 0.1) is 11.7 Å². The van der Waals surface area contributed by atoms with E-state index in [-0.39, 0.29) is 23.5 Å². The molecule has 2 unspecified atom stereocenters. The van der Waals surface area contributed by atoms with E-state index in [4.69, 9.17) is 15.2 Å². The molecule has 3 aromatic rings. The summed E-state index contributed by atoms with van der Waals surface area (Å²) in [5, 5.41) is 2.93. The largest absolute Gasteiger partial charge is 0.471 e. The molecule has 2 atom stereocenters. The molecule has 2 aromatic carbocycles. The van der Waals surface area contributed by atoms with Crippen LogP contribution in [-0.4, -0.2) is 58.1 Å². The molecule has 11 heteroatoms. The van der Waals surface area contributed by atoms with Gasteiger partial charge in [0.1, 0.15) is 11.6 Å². The lowest BCUT2D eigenvalue weighted by molar-refractivity contribution is -0.0728. The standard InChI is InChI=1S/C27H34FN5O5/c1-17(2)32-22-6-4-5-7-23(22)33(27(32)36)26(35)30-16-19-12-14-31(15-13-19)24(18(3)37-25(29)34)38-21-10-8-20(28)9-11-21/h4-11,17-19,24H,12-16H2,1-3H3,(H2,29,34)(H,30,35). The van der Waals surface area contributed by atoms with Crippen LogP contribution in [0.5, 0.6) is 5.75 Å². The summed E-state index contributed by atoms with van der Waals surface area (Å²) in [7, 11) is 0. The highest BCUT2D eigenvalue weighted by Gasteiger charge is 2.32. The summed E-state index contributed by atoms with van der Waals surface area (Å²) in [5.74, 6) is 0.245. The maximum absolute atomic E-state index is 13.3. The molecule has 204 valence electrons. The predicted octanol–water partition coefficient (Wildman–Crippen LogP) is 3.68. The van der Waals surface area contributed by atoms with E-state index in [0.29, 0.717) is 30.9 Å². The van der Waals surface area contributed by atoms with Crippen LogP contribution in [-0.2, 0) is 4.74 Å². The number of rotatable bonds is 8. The Morgan fingerprint density at radius 3 is 2.29 bits per heavy atom. The van der Waals surface area contributed by atoms with Crippen molar-refractivity contribution >= 4 is 23.2 Å². The Balaban J connectivity index is 1.39. The molecular weight excluding hydrogens is 493 g/mol. The maximum atomic E-state index is 13.3. The van der Waals surface area contributed by atoms with Crippen LogP contribution in [0.3, 0.4) is 0 Å². The van der Waals surface area contributed by atoms with Gasteiger partial charge in [0, 0.05) is 25.7 Å². The van der Waals surface area contributed by atoms with Gasteiger partial charge >= 0.3 is 17.8 Å². The van der Waals surface area contributed by atoms with Crippen molar-refractivity contribution in [3.8, 4) is 5.75 Å². The van der Waals surface area contributed by atoms with E-state index in [9.17, 15) is 18.8 Å². The van der Waals surface area contributed by atoms with E-state index in [1.54, 1.807) is 23.6 Å². The number of benzene rings is 2. The zero-order valence-electron chi connectivity index (χ0n) is 21.8. The molecule has 3 N–H and O–H groups in total. The molecule has 4 rings (SSSR count). The van der Waals surface area contributed by atoms with Gasteiger partial charge in [-0.15, -0.1) is 0 Å². The fourth-order valence-electron chi connectivity index (χ4n) is 4.95. The second-order valence-corrected chi connectivity index (χ2v) is 9.84. The van der Waals surface area contributed by atoms with Gasteiger partial charge in [-0.1, -0.05) is 12.1 Å². The lowest BCUT2D eigenvalue weighted by atomic mass is 9.96. The van der Waals surface area contributed by atoms with Gasteiger partial charge in [0.2, 0.25) is 0 Å². The highest BCUT2D eigenvalue weighted by Crippen LogP contribution is 2.24. The van der Waals surface area contributed by atoms with Crippen molar-refractivity contribution in [2.45, 2.75) is 52.0 Å². The number of fused-ring (bicyclic) bond motifs is 1. The third-order valence-corrected chi connectivity index (χ3v) is 6.82. The molecule has 1 aromatic heterocycles. The van der Waals surface area contributed by atoms with Crippen molar-refractivity contribution in [2.75, 3.05) is 19.6 Å². The third kappa shape index (κ3) is 5.99. The van der Waals surface area contributed by atoms with Gasteiger partial charge in [-0.2, -0.15) is 0 Å². The fourth-order valence-corrected chi connectivity index (χ4v) is 4.95. The normalized spacial score (nSPS) is 16.3. The number of ether oxygens (including phenoxy) is 2. The van der Waals surface area contributed by atoms with Gasteiger partial charge in [-0.05, 0) is 75.9 Å². The second-order valence-electron chi connectivity index (χ2n) is 9.84. The molecule has 2 amide bonds. The second kappa shape index (κ2) is 11.7. The first-order valence-corrected chi connectivity index (χ1v) is 12.8. The molecule has 1 aliphatic heterocycles. The van der Waals surface area contributed by atoms with Crippen LogP contribution in [0.4, 0.5) is 14.0 Å². The minimum absolute atomic E-state index is 0.0863. The minimum Gasteiger partial charge on any atom is -0.471 e. The number of carbonyl (C=O) groups excluding carboxylic acids is 2. The van der Waals surface area contributed by atoms with E-state index in [0.717, 1.165) is 18.4 Å². The number of nitrogens with two attached hydrogens (primary N) is 1. The zero-order valence-corrected chi connectivity index (χ0v) is 21.8. The summed E-state index contributed by atoms with van der Waals surface area (Å²) in [6.07, 6.45) is -0.703. The molecule has 0 aliphatic carbocycles. The van der Waals surface area contributed by atoms with Gasteiger partial charge in [-0.25, -0.2) is 23.3 Å². The maximum Gasteiger partial charge on any atom is 0.404 e. The van der Waals surface area contributed by atoms with Gasteiger partial charge < -0.3 is 20.5 Å². The molecule has 0 spiro atoms. The highest BCUT2D eigenvalue weighted by atomic mass is 19.1. The summed E-state index contributed by atoms with van der Waals surface area (Å²) in [6, 6.07) is 12.3. The van der Waals surface area contributed by atoms with Crippen LogP contribution in [0.2, 0.25) is 0 Å². The number of nitrogens with zero attached hydrogens (tertiary/aromatic N) is 3. The lowest BCUT2D eigenvalue weighted by Crippen LogP contribution is -2.52. The van der Waals surface area contributed by atoms with E-state index < -0.39 is 24.5 Å². The lowest BCUT2D eigenvalue weighted by Gasteiger charge is -2.39. The number of primary amides is 1. The molecule has 0 bridgehead atoms. The Hall–Kier alpha value is -3.86. The summed E-state index contributed by atoms with van der Waals surface area (Å²) >= 11 is 0. The number of nitrogens with one attached hydrogen (secondary N) is 1. The van der Waals surface area contributed by atoms with Crippen LogP contribution in [0.25, 0.3) is 11.0 Å². The number of piperidine rings is 1. The van der Waals surface area contributed by atoms with Gasteiger partial charge in [-0.3, -0.25) is 9.47 Å². The number of halogens is 1. The fraction of sp³-hybridized carbons (Fsp3) is 0.444. The first kappa shape index (κ1) is 27.2. The highest BCUT2D eigenvalue weighted by molar-refractivity contribution is 5.89. The molecule has 0 saturated carbocycles. The number of likely N-dealkylation sites (tertiary alicyclic amines) is 1. The molecule has 0 radical (unpaired) electrons. The number of hydrogen-bond donors (Lipinski definition) is 2. The first-order valence-electron chi connectivity index (χ1n) is 12.8. The molecule has 10 nitrogen and oxygen atoms in total. The van der Waals surface area contributed by atoms with Crippen molar-refractivity contribution in [1.29, 1.82) is 0 Å². The predicted molar refractivity (Wildman–Crippen MR) is 141 cm³/mol. The quantitative estimate of drug-likeness (QED) is 0.461. The summed E-state index contributed by atoms with van der Waals surface area (Å²) in [4.78, 5) is 39.5. The summed E-state index contributed by atoms with van der Waals surface area (Å²) in [6.45, 7) is 7.16. The Kier molecular flexibility index (Phi) is 8.35. The van der Waals surface area contributed by atoms with Crippen LogP contribution in [0.15, 0.2) is 53.3 Å². The smallest absolute Gasteiger partial charge is 0.404 e. The average Bonchev–Trinajstić information content (AvgIpc) is 3.18. The minimum atomic E-state index is -0.906. The number of para-hydroxylation sites is 2. The van der Waals surface area contributed by atoms with Crippen molar-refractivity contribution < 1.29 is 23.5 Å². The average molecular weight is 528 g/mol. The Labute approximate surface area is 220 Å². The number of imidazole rings is 1. The summed E-state index contributed by atoms with van der Waals surface area (Å²) < 4.78 is 27.4. The van der Waals surface area contributed by atoms with Crippen LogP contribution < -0.4 is 21.5 Å². The Morgan fingerprint density at radius 1 is 1.05 bits per heavy atom. The van der Waals surface area contributed by atoms with Crippen molar-refractivity contribution in [2.24, 2.45) is 11.7 Å². The number of aromatic nitrogens is 2. The molecule has 1 fully saturated rings. The zero-order chi connectivity index (χ0) is 27.4. The third-order valence-electron chi connectivity index (χ3n) is 6.82. The van der Waals surface area contributed by atoms with Crippen molar-refractivity contribution in [3.63, 3.8) is 0 Å². The summed E-state index contributed by atoms with van der Waals surface area (Å²) in [5.41, 5.74) is 6.15. The van der Waals surface area contributed by atoms with Gasteiger partial charge in [0.25, 0.3) is 0 Å². The molecule has 2 heterocycles. The SMILES string of the molecule is CC(OC(N)=O)C(Oc1ccc(F)cc1)N1CCC(CNC(=O)n2c(=O)n(C(C)C)c3ccccc32)CC1. The van der Waals surface area contributed by atoms with E-state index >= 15 is 0 Å². The number of hydrogen-bond acceptors (Lipinski definition) is 6. The van der Waals surface area contributed by atoms with Crippen LogP contribution in [0.1, 0.15) is 39.7 Å². The van der Waals surface area contributed by atoms with E-state index in [2.05, 4.69) is 5.32 Å². The molecule has 38 heavy (non-hydrogen) atoms. The van der Waals surface area contributed by atoms with Crippen molar-refractivity contribution in [1.82, 2.24) is 19.4 Å². The number of amides is 2. The first-order chi connectivity index (χ1) is 18.2. The number of carbonyl (C=O) groups is 2. The molecular formula is C27H34FN5O5. The Morgan fingerprint density at radius 2 is 1.68 bits per heavy atom. The van der Waals surface area contributed by atoms with Crippen molar-refractivity contribution in [3.05, 3.63) is 64.8 Å². The monoisotopic (exact) mass is 527 g/mol. The Bertz CT molecular complexity index is 1330. The van der Waals surface area contributed by atoms with E-state index in [1.807, 2.05) is 30.9 Å². The van der Waals surface area contributed by atoms with Gasteiger partial charge in [0.15, 0.2) is 12.3 Å². The van der Waals surface area contributed by atoms with E-state index in [1.165, 1.54) is 28.8 Å².